The molecule has 0 aliphatic heterocycles. The number of nitrogens with one attached hydrogen (secondary N) is 1. The van der Waals surface area contributed by atoms with Gasteiger partial charge in [-0.3, -0.25) is 15.0 Å². The summed E-state index contributed by atoms with van der Waals surface area (Å²) in [6, 6.07) is 37.0. The summed E-state index contributed by atoms with van der Waals surface area (Å²) >= 11 is 0. The molecule has 0 bridgehead atoms. The van der Waals surface area contributed by atoms with E-state index in [9.17, 15) is 0 Å². The Balaban J connectivity index is 0.000000266. The summed E-state index contributed by atoms with van der Waals surface area (Å²) in [6.07, 6.45) is 9.76. The van der Waals surface area contributed by atoms with Crippen molar-refractivity contribution in [3.8, 4) is 33.6 Å². The van der Waals surface area contributed by atoms with Crippen molar-refractivity contribution in [1.29, 1.82) is 0 Å². The van der Waals surface area contributed by atoms with Crippen LogP contribution in [0, 0.1) is 0 Å². The molecule has 6 rings (SSSR count). The maximum atomic E-state index is 6.37. The van der Waals surface area contributed by atoms with Gasteiger partial charge in [0.25, 0.3) is 0 Å². The zero-order chi connectivity index (χ0) is 30.6. The molecule has 0 spiro atoms. The number of nitrogens with two attached hydrogens (primary N) is 1. The Morgan fingerprint density at radius 2 is 1.36 bits per heavy atom. The van der Waals surface area contributed by atoms with Crippen molar-refractivity contribution in [2.45, 2.75) is 32.2 Å². The lowest BCUT2D eigenvalue weighted by molar-refractivity contribution is 0.698. The van der Waals surface area contributed by atoms with Gasteiger partial charge in [-0.05, 0) is 77.6 Å². The minimum atomic E-state index is 0.00553. The molecule has 4 aromatic heterocycles. The topological polar surface area (TPSA) is 89.6 Å². The lowest BCUT2D eigenvalue weighted by Crippen LogP contribution is -2.31. The molecule has 6 heteroatoms. The second-order valence-electron chi connectivity index (χ2n) is 10.9. The summed E-state index contributed by atoms with van der Waals surface area (Å²) in [6.45, 7) is 5.08. The van der Waals surface area contributed by atoms with Crippen LogP contribution in [-0.2, 0) is 6.42 Å². The molecular formula is C38H38N6. The zero-order valence-electron chi connectivity index (χ0n) is 25.2. The van der Waals surface area contributed by atoms with Crippen LogP contribution >= 0.6 is 0 Å². The van der Waals surface area contributed by atoms with Gasteiger partial charge in [-0.2, -0.15) is 0 Å². The van der Waals surface area contributed by atoms with Crippen molar-refractivity contribution < 1.29 is 0 Å². The van der Waals surface area contributed by atoms with E-state index >= 15 is 0 Å². The van der Waals surface area contributed by atoms with Crippen LogP contribution in [0.5, 0.6) is 0 Å². The SMILES string of the molecule is CC(C)c1cccc(-c2ccc(NC[C@@H](N)Cc3ccccc3)nc2-c2ccncc2)c1.c1ccc(-c2ccncc2)nc1. The summed E-state index contributed by atoms with van der Waals surface area (Å²) < 4.78 is 0. The van der Waals surface area contributed by atoms with Gasteiger partial charge in [-0.25, -0.2) is 4.98 Å². The largest absolute Gasteiger partial charge is 0.368 e. The van der Waals surface area contributed by atoms with Gasteiger partial charge in [-0.15, -0.1) is 0 Å². The molecule has 3 N–H and O–H groups in total. The molecular weight excluding hydrogens is 540 g/mol. The van der Waals surface area contributed by atoms with Gasteiger partial charge in [0, 0.05) is 60.3 Å². The molecule has 4 heterocycles. The first-order valence-electron chi connectivity index (χ1n) is 14.9. The number of hydrogen-bond acceptors (Lipinski definition) is 6. The Labute approximate surface area is 260 Å². The predicted molar refractivity (Wildman–Crippen MR) is 181 cm³/mol. The Morgan fingerprint density at radius 3 is 2.05 bits per heavy atom. The molecule has 0 aliphatic rings. The molecule has 0 radical (unpaired) electrons. The molecule has 6 nitrogen and oxygen atoms in total. The summed E-state index contributed by atoms with van der Waals surface area (Å²) in [5, 5.41) is 3.43. The predicted octanol–water partition coefficient (Wildman–Crippen LogP) is 8.06. The average Bonchev–Trinajstić information content (AvgIpc) is 3.09. The summed E-state index contributed by atoms with van der Waals surface area (Å²) in [5.41, 5.74) is 15.3. The molecule has 44 heavy (non-hydrogen) atoms. The highest BCUT2D eigenvalue weighted by Crippen LogP contribution is 2.33. The van der Waals surface area contributed by atoms with Gasteiger partial charge in [0.2, 0.25) is 0 Å². The highest BCUT2D eigenvalue weighted by Gasteiger charge is 2.13. The molecule has 1 atom stereocenters. The highest BCUT2D eigenvalue weighted by molar-refractivity contribution is 5.82. The number of anilines is 1. The molecule has 6 aromatic rings. The standard InChI is InChI=1S/C28H30N4.C10H8N2/c1-20(2)23-9-6-10-24(18-23)26-11-12-27(32-28(26)22-13-15-30-16-14-22)31-19-25(29)17-21-7-4-3-5-8-21;1-2-6-12-10(3-1)9-4-7-11-8-5-9/h3-16,18,20,25H,17,19,29H2,1-2H3,(H,31,32);1-8H/t25-;/m0./s1. The fourth-order valence-electron chi connectivity index (χ4n) is 4.87. The van der Waals surface area contributed by atoms with Crippen LogP contribution in [-0.4, -0.2) is 32.5 Å². The Kier molecular flexibility index (Phi) is 10.5. The number of benzene rings is 2. The van der Waals surface area contributed by atoms with Crippen LogP contribution in [0.3, 0.4) is 0 Å². The summed E-state index contributed by atoms with van der Waals surface area (Å²) in [4.78, 5) is 17.3. The van der Waals surface area contributed by atoms with Gasteiger partial charge < -0.3 is 11.1 Å². The molecule has 0 aliphatic carbocycles. The smallest absolute Gasteiger partial charge is 0.126 e. The van der Waals surface area contributed by atoms with Crippen molar-refractivity contribution in [1.82, 2.24) is 19.9 Å². The van der Waals surface area contributed by atoms with E-state index in [0.717, 1.165) is 40.3 Å². The first-order chi connectivity index (χ1) is 21.6. The fraction of sp³-hybridized carbons (Fsp3) is 0.158. The maximum absolute atomic E-state index is 6.37. The molecule has 2 aromatic carbocycles. The van der Waals surface area contributed by atoms with E-state index in [-0.39, 0.29) is 6.04 Å². The minimum absolute atomic E-state index is 0.00553. The van der Waals surface area contributed by atoms with Crippen molar-refractivity contribution in [3.63, 3.8) is 0 Å². The van der Waals surface area contributed by atoms with Gasteiger partial charge in [0.05, 0.1) is 11.4 Å². The lowest BCUT2D eigenvalue weighted by atomic mass is 9.95. The van der Waals surface area contributed by atoms with E-state index in [1.54, 1.807) is 31.0 Å². The van der Waals surface area contributed by atoms with E-state index in [2.05, 4.69) is 76.6 Å². The minimum Gasteiger partial charge on any atom is -0.368 e. The van der Waals surface area contributed by atoms with E-state index in [4.69, 9.17) is 10.7 Å². The molecule has 0 saturated heterocycles. The van der Waals surface area contributed by atoms with E-state index in [0.29, 0.717) is 12.5 Å². The van der Waals surface area contributed by atoms with Crippen molar-refractivity contribution in [3.05, 3.63) is 151 Å². The van der Waals surface area contributed by atoms with Crippen LogP contribution in [0.15, 0.2) is 140 Å². The van der Waals surface area contributed by atoms with Crippen molar-refractivity contribution in [2.24, 2.45) is 5.73 Å². The molecule has 220 valence electrons. The van der Waals surface area contributed by atoms with Crippen LogP contribution in [0.4, 0.5) is 5.82 Å². The van der Waals surface area contributed by atoms with Gasteiger partial charge in [0.1, 0.15) is 5.82 Å². The average molecular weight is 579 g/mol. The lowest BCUT2D eigenvalue weighted by Gasteiger charge is -2.16. The van der Waals surface area contributed by atoms with Gasteiger partial charge in [0.15, 0.2) is 0 Å². The normalized spacial score (nSPS) is 11.4. The third-order valence-corrected chi connectivity index (χ3v) is 7.24. The van der Waals surface area contributed by atoms with Gasteiger partial charge >= 0.3 is 0 Å². The van der Waals surface area contributed by atoms with Crippen LogP contribution in [0.1, 0.15) is 30.9 Å². The van der Waals surface area contributed by atoms with Crippen LogP contribution in [0.25, 0.3) is 33.6 Å². The molecule has 0 fully saturated rings. The van der Waals surface area contributed by atoms with E-state index in [1.165, 1.54) is 16.7 Å². The molecule has 0 unspecified atom stereocenters. The molecule has 0 saturated carbocycles. The van der Waals surface area contributed by atoms with E-state index < -0.39 is 0 Å². The number of rotatable bonds is 9. The highest BCUT2D eigenvalue weighted by atomic mass is 15.0. The quantitative estimate of drug-likeness (QED) is 0.180. The van der Waals surface area contributed by atoms with Crippen molar-refractivity contribution >= 4 is 5.82 Å². The molecule has 0 amide bonds. The van der Waals surface area contributed by atoms with Crippen LogP contribution < -0.4 is 11.1 Å². The second kappa shape index (κ2) is 15.3. The Morgan fingerprint density at radius 1 is 0.659 bits per heavy atom. The summed E-state index contributed by atoms with van der Waals surface area (Å²) in [7, 11) is 0. The number of nitrogens with zero attached hydrogens (tertiary/aromatic N) is 4. The fourth-order valence-corrected chi connectivity index (χ4v) is 4.87. The van der Waals surface area contributed by atoms with Crippen LogP contribution in [0.2, 0.25) is 0 Å². The Hall–Kier alpha value is -5.20. The number of pyridine rings is 4. The van der Waals surface area contributed by atoms with Gasteiger partial charge in [-0.1, -0.05) is 74.5 Å². The second-order valence-corrected chi connectivity index (χ2v) is 10.9. The zero-order valence-corrected chi connectivity index (χ0v) is 25.2. The number of aromatic nitrogens is 4. The third-order valence-electron chi connectivity index (χ3n) is 7.24. The first-order valence-corrected chi connectivity index (χ1v) is 14.9. The monoisotopic (exact) mass is 578 g/mol. The maximum Gasteiger partial charge on any atom is 0.126 e. The Bertz CT molecular complexity index is 1670. The summed E-state index contributed by atoms with van der Waals surface area (Å²) in [5.74, 6) is 1.29. The first kappa shape index (κ1) is 30.3. The van der Waals surface area contributed by atoms with E-state index in [1.807, 2.05) is 66.7 Å². The van der Waals surface area contributed by atoms with Crippen molar-refractivity contribution in [2.75, 3.05) is 11.9 Å². The third kappa shape index (κ3) is 8.43. The number of hydrogen-bond donors (Lipinski definition) is 2.